The molecule has 0 saturated carbocycles. The van der Waals surface area contributed by atoms with Crippen LogP contribution in [0.25, 0.3) is 16.8 Å². The highest BCUT2D eigenvalue weighted by molar-refractivity contribution is 6.02. The van der Waals surface area contributed by atoms with Crippen LogP contribution in [0.15, 0.2) is 85.0 Å². The second-order valence-electron chi connectivity index (χ2n) is 11.9. The van der Waals surface area contributed by atoms with Crippen molar-refractivity contribution >= 4 is 17.1 Å². The van der Waals surface area contributed by atoms with Gasteiger partial charge in [0, 0.05) is 30.0 Å². The van der Waals surface area contributed by atoms with Gasteiger partial charge in [0.25, 0.3) is 0 Å². The van der Waals surface area contributed by atoms with Crippen LogP contribution in [0.2, 0.25) is 0 Å². The molecule has 1 heterocycles. The molecule has 4 rings (SSSR count). The summed E-state index contributed by atoms with van der Waals surface area (Å²) in [5.74, 6) is 0.657. The van der Waals surface area contributed by atoms with Gasteiger partial charge >= 0.3 is 0 Å². The Balaban J connectivity index is 1.64. The predicted molar refractivity (Wildman–Crippen MR) is 183 cm³/mol. The zero-order chi connectivity index (χ0) is 30.1. The third-order valence-electron chi connectivity index (χ3n) is 8.70. The minimum atomic E-state index is -0.106. The van der Waals surface area contributed by atoms with Crippen LogP contribution in [0.5, 0.6) is 0 Å². The topological polar surface area (TPSA) is 39.1 Å². The lowest BCUT2D eigenvalue weighted by Crippen LogP contribution is -2.42. The minimum absolute atomic E-state index is 0.106. The van der Waals surface area contributed by atoms with Gasteiger partial charge in [0.1, 0.15) is 0 Å². The normalized spacial score (nSPS) is 14.3. The second-order valence-corrected chi connectivity index (χ2v) is 11.9. The van der Waals surface area contributed by atoms with Crippen molar-refractivity contribution in [1.29, 1.82) is 5.41 Å². The minimum Gasteiger partial charge on any atom is -0.382 e. The Kier molecular flexibility index (Phi) is 11.2. The summed E-state index contributed by atoms with van der Waals surface area (Å²) >= 11 is 0. The Morgan fingerprint density at radius 3 is 2.26 bits per heavy atom. The molecule has 222 valence electrons. The molecule has 0 bridgehead atoms. The molecule has 3 heteroatoms. The summed E-state index contributed by atoms with van der Waals surface area (Å²) in [4.78, 5) is 2.44. The summed E-state index contributed by atoms with van der Waals surface area (Å²) in [6, 6.07) is 24.6. The van der Waals surface area contributed by atoms with Crippen LogP contribution in [-0.2, 0) is 6.54 Å². The average Bonchev–Trinajstić information content (AvgIpc) is 3.35. The highest BCUT2D eigenvalue weighted by Crippen LogP contribution is 2.39. The van der Waals surface area contributed by atoms with E-state index in [9.17, 15) is 5.41 Å². The Hall–Kier alpha value is -3.59. The van der Waals surface area contributed by atoms with E-state index in [0.29, 0.717) is 18.2 Å². The fourth-order valence-electron chi connectivity index (χ4n) is 6.39. The first kappa shape index (κ1) is 31.3. The van der Waals surface area contributed by atoms with E-state index in [-0.39, 0.29) is 6.04 Å². The first-order valence-electron chi connectivity index (χ1n) is 16.2. The zero-order valence-corrected chi connectivity index (χ0v) is 26.6. The summed E-state index contributed by atoms with van der Waals surface area (Å²) < 4.78 is 0. The first-order chi connectivity index (χ1) is 20.4. The van der Waals surface area contributed by atoms with Crippen LogP contribution in [-0.4, -0.2) is 23.2 Å². The number of nitrogens with zero attached hydrogens (tertiary/aromatic N) is 1. The highest BCUT2D eigenvalue weighted by atomic mass is 15.2. The number of nitrogens with one attached hydrogen (secondary N) is 2. The highest BCUT2D eigenvalue weighted by Gasteiger charge is 2.32. The van der Waals surface area contributed by atoms with Crippen molar-refractivity contribution in [2.75, 3.05) is 11.9 Å². The van der Waals surface area contributed by atoms with Crippen molar-refractivity contribution in [3.05, 3.63) is 107 Å². The monoisotopic (exact) mass is 561 g/mol. The first-order valence-corrected chi connectivity index (χ1v) is 16.2. The van der Waals surface area contributed by atoms with Crippen molar-refractivity contribution in [3.8, 4) is 11.1 Å². The lowest BCUT2D eigenvalue weighted by molar-refractivity contribution is 0.372. The maximum atomic E-state index is 9.25. The van der Waals surface area contributed by atoms with E-state index in [2.05, 4.69) is 124 Å². The molecule has 1 aliphatic rings. The van der Waals surface area contributed by atoms with E-state index in [4.69, 9.17) is 0 Å². The lowest BCUT2D eigenvalue weighted by Gasteiger charge is -2.33. The van der Waals surface area contributed by atoms with Gasteiger partial charge in [-0.1, -0.05) is 114 Å². The quantitative estimate of drug-likeness (QED) is 0.181. The number of anilines is 1. The number of fused-ring (bicyclic) bond motifs is 1. The summed E-state index contributed by atoms with van der Waals surface area (Å²) in [5, 5.41) is 12.9. The summed E-state index contributed by atoms with van der Waals surface area (Å²) in [7, 11) is 0. The molecule has 2 N–H and O–H groups in total. The molecule has 42 heavy (non-hydrogen) atoms. The van der Waals surface area contributed by atoms with Gasteiger partial charge in [-0.2, -0.15) is 0 Å². The molecule has 0 fully saturated rings. The third-order valence-corrected chi connectivity index (χ3v) is 8.70. The molecule has 0 aliphatic carbocycles. The molecular formula is C39H51N3. The van der Waals surface area contributed by atoms with Gasteiger partial charge in [-0.15, -0.1) is 0 Å². The van der Waals surface area contributed by atoms with Crippen LogP contribution >= 0.6 is 0 Å². The Labute approximate surface area is 255 Å². The van der Waals surface area contributed by atoms with Crippen LogP contribution in [0.4, 0.5) is 5.69 Å². The molecule has 3 aromatic carbocycles. The predicted octanol–water partition coefficient (Wildman–Crippen LogP) is 10.8. The van der Waals surface area contributed by atoms with Crippen LogP contribution in [0, 0.1) is 12.3 Å². The number of hydrogen-bond donors (Lipinski definition) is 2. The van der Waals surface area contributed by atoms with Gasteiger partial charge in [0.15, 0.2) is 0 Å². The molecule has 3 aromatic rings. The molecule has 1 unspecified atom stereocenters. The van der Waals surface area contributed by atoms with E-state index in [1.807, 2.05) is 0 Å². The lowest BCUT2D eigenvalue weighted by atomic mass is 9.89. The Morgan fingerprint density at radius 2 is 1.62 bits per heavy atom. The molecule has 1 aliphatic heterocycles. The number of benzene rings is 3. The third kappa shape index (κ3) is 7.24. The van der Waals surface area contributed by atoms with Gasteiger partial charge in [-0.25, -0.2) is 0 Å². The average molecular weight is 562 g/mol. The molecule has 0 radical (unpaired) electrons. The Morgan fingerprint density at radius 1 is 0.929 bits per heavy atom. The largest absolute Gasteiger partial charge is 0.382 e. The van der Waals surface area contributed by atoms with E-state index in [1.54, 1.807) is 0 Å². The standard InChI is InChI=1S/C39H51N3/c1-7-13-29(6)39(40)38(26-41-36-18-12-11-17-28(36)5)42-27-34-24-23-33(25-35(34)37(42)16-10-4)32-21-19-31(20-22-32)30(14-8-2)15-9-3/h11-12,16-25,30,38,40-41H,6-10,13-15,26-27H2,1-5H3/b37-16-,40-39?. The fourth-order valence-corrected chi connectivity index (χ4v) is 6.39. The number of aryl methyl sites for hydroxylation is 1. The molecule has 0 saturated heterocycles. The molecule has 0 aromatic heterocycles. The molecule has 1 atom stereocenters. The van der Waals surface area contributed by atoms with Crippen LogP contribution < -0.4 is 5.32 Å². The maximum Gasteiger partial charge on any atom is 0.0884 e. The summed E-state index contributed by atoms with van der Waals surface area (Å²) in [6.45, 7) is 16.9. The van der Waals surface area contributed by atoms with Crippen molar-refractivity contribution in [2.45, 2.75) is 98.1 Å². The van der Waals surface area contributed by atoms with Crippen LogP contribution in [0.1, 0.15) is 101 Å². The van der Waals surface area contributed by atoms with Gasteiger partial charge < -0.3 is 15.6 Å². The van der Waals surface area contributed by atoms with Gasteiger partial charge in [0.05, 0.1) is 11.8 Å². The smallest absolute Gasteiger partial charge is 0.0884 e. The maximum absolute atomic E-state index is 9.25. The molecule has 0 spiro atoms. The molecule has 0 amide bonds. The molecular weight excluding hydrogens is 510 g/mol. The van der Waals surface area contributed by atoms with Crippen molar-refractivity contribution in [1.82, 2.24) is 4.90 Å². The van der Waals surface area contributed by atoms with Crippen molar-refractivity contribution in [3.63, 3.8) is 0 Å². The number of allylic oxidation sites excluding steroid dienone is 1. The van der Waals surface area contributed by atoms with Gasteiger partial charge in [0.2, 0.25) is 0 Å². The van der Waals surface area contributed by atoms with Crippen molar-refractivity contribution < 1.29 is 0 Å². The number of rotatable bonds is 15. The summed E-state index contributed by atoms with van der Waals surface area (Å²) in [6.07, 6.45) is 10.1. The number of hydrogen-bond acceptors (Lipinski definition) is 3. The van der Waals surface area contributed by atoms with Gasteiger partial charge in [-0.3, -0.25) is 0 Å². The van der Waals surface area contributed by atoms with E-state index in [0.717, 1.165) is 37.1 Å². The van der Waals surface area contributed by atoms with E-state index < -0.39 is 0 Å². The number of para-hydroxylation sites is 1. The summed E-state index contributed by atoms with van der Waals surface area (Å²) in [5.41, 5.74) is 11.8. The SMILES string of the molecule is C=C(CCC)C(=N)C(CNc1ccccc1C)N1Cc2ccc(-c3ccc(C(CCC)CCC)cc3)cc2/C1=C/CC. The van der Waals surface area contributed by atoms with Crippen molar-refractivity contribution in [2.24, 2.45) is 0 Å². The van der Waals surface area contributed by atoms with Crippen LogP contribution in [0.3, 0.4) is 0 Å². The van der Waals surface area contributed by atoms with E-state index >= 15 is 0 Å². The zero-order valence-electron chi connectivity index (χ0n) is 26.6. The Bertz CT molecular complexity index is 1370. The van der Waals surface area contributed by atoms with E-state index in [1.165, 1.54) is 64.8 Å². The molecule has 3 nitrogen and oxygen atoms in total. The fraction of sp³-hybridized carbons (Fsp3) is 0.410. The van der Waals surface area contributed by atoms with Gasteiger partial charge in [-0.05, 0) is 84.0 Å². The second kappa shape index (κ2) is 15.0.